The van der Waals surface area contributed by atoms with E-state index in [4.69, 9.17) is 4.74 Å². The first-order valence-corrected chi connectivity index (χ1v) is 5.58. The van der Waals surface area contributed by atoms with Crippen LogP contribution < -0.4 is 10.6 Å². The lowest BCUT2D eigenvalue weighted by molar-refractivity contribution is 0.0539. The van der Waals surface area contributed by atoms with Crippen molar-refractivity contribution in [3.8, 4) is 0 Å². The van der Waals surface area contributed by atoms with Crippen molar-refractivity contribution in [3.05, 3.63) is 12.4 Å². The summed E-state index contributed by atoms with van der Waals surface area (Å²) < 4.78 is 5.49. The molecule has 1 aliphatic heterocycles. The molecule has 88 valence electrons. The molecule has 0 saturated carbocycles. The Morgan fingerprint density at radius 3 is 2.88 bits per heavy atom. The van der Waals surface area contributed by atoms with E-state index in [0.29, 0.717) is 0 Å². The van der Waals surface area contributed by atoms with Crippen molar-refractivity contribution in [1.29, 1.82) is 0 Å². The zero-order valence-corrected chi connectivity index (χ0v) is 9.79. The Kier molecular flexibility index (Phi) is 3.24. The van der Waals surface area contributed by atoms with E-state index in [1.54, 1.807) is 6.33 Å². The average molecular weight is 222 g/mol. The molecule has 1 fully saturated rings. The third-order valence-electron chi connectivity index (χ3n) is 2.79. The quantitative estimate of drug-likeness (QED) is 0.811. The molecule has 0 bridgehead atoms. The first-order valence-electron chi connectivity index (χ1n) is 5.58. The van der Waals surface area contributed by atoms with Gasteiger partial charge in [0.2, 0.25) is 0 Å². The Bertz CT molecular complexity index is 350. The van der Waals surface area contributed by atoms with E-state index in [1.807, 2.05) is 13.1 Å². The van der Waals surface area contributed by atoms with Crippen LogP contribution in [0.3, 0.4) is 0 Å². The van der Waals surface area contributed by atoms with Gasteiger partial charge in [-0.25, -0.2) is 9.97 Å². The maximum absolute atomic E-state index is 5.49. The molecule has 1 saturated heterocycles. The monoisotopic (exact) mass is 222 g/mol. The molecule has 2 N–H and O–H groups in total. The van der Waals surface area contributed by atoms with Crippen molar-refractivity contribution in [2.45, 2.75) is 25.3 Å². The van der Waals surface area contributed by atoms with Crippen LogP contribution in [0.1, 0.15) is 19.8 Å². The van der Waals surface area contributed by atoms with E-state index in [2.05, 4.69) is 27.5 Å². The van der Waals surface area contributed by atoms with Crippen molar-refractivity contribution >= 4 is 11.6 Å². The highest BCUT2D eigenvalue weighted by atomic mass is 16.5. The van der Waals surface area contributed by atoms with E-state index in [0.717, 1.165) is 37.7 Å². The van der Waals surface area contributed by atoms with Crippen LogP contribution in [0.4, 0.5) is 11.6 Å². The van der Waals surface area contributed by atoms with Gasteiger partial charge < -0.3 is 15.4 Å². The lowest BCUT2D eigenvalue weighted by Gasteiger charge is -2.34. The Morgan fingerprint density at radius 1 is 1.38 bits per heavy atom. The molecule has 0 amide bonds. The second kappa shape index (κ2) is 4.65. The minimum Gasteiger partial charge on any atom is -0.379 e. The predicted octanol–water partition coefficient (Wildman–Crippen LogP) is 1.50. The van der Waals surface area contributed by atoms with Gasteiger partial charge in [-0.2, -0.15) is 0 Å². The molecular formula is C11H18N4O. The molecule has 5 heteroatoms. The fourth-order valence-corrected chi connectivity index (χ4v) is 1.90. The van der Waals surface area contributed by atoms with Gasteiger partial charge in [-0.15, -0.1) is 0 Å². The minimum absolute atomic E-state index is 0.0163. The van der Waals surface area contributed by atoms with Gasteiger partial charge in [-0.05, 0) is 19.8 Å². The second-order valence-corrected chi connectivity index (χ2v) is 4.38. The van der Waals surface area contributed by atoms with Crippen molar-refractivity contribution in [3.63, 3.8) is 0 Å². The standard InChI is InChI=1S/C11H18N4O/c1-11(4-3-5-16-7-11)15-10-6-9(12-2)13-8-14-10/h6,8H,3-5,7H2,1-2H3,(H2,12,13,14,15). The molecule has 5 nitrogen and oxygen atoms in total. The van der Waals surface area contributed by atoms with Crippen LogP contribution in [0, 0.1) is 0 Å². The van der Waals surface area contributed by atoms with Gasteiger partial charge in [0, 0.05) is 19.7 Å². The van der Waals surface area contributed by atoms with E-state index in [-0.39, 0.29) is 5.54 Å². The molecule has 1 aliphatic rings. The normalized spacial score (nSPS) is 25.1. The van der Waals surface area contributed by atoms with E-state index in [1.165, 1.54) is 0 Å². The molecule has 16 heavy (non-hydrogen) atoms. The molecular weight excluding hydrogens is 204 g/mol. The first-order chi connectivity index (χ1) is 7.72. The van der Waals surface area contributed by atoms with Gasteiger partial charge in [0.05, 0.1) is 12.1 Å². The highest BCUT2D eigenvalue weighted by Gasteiger charge is 2.27. The fourth-order valence-electron chi connectivity index (χ4n) is 1.90. The number of anilines is 2. The van der Waals surface area contributed by atoms with Gasteiger partial charge in [-0.3, -0.25) is 0 Å². The third kappa shape index (κ3) is 2.61. The highest BCUT2D eigenvalue weighted by Crippen LogP contribution is 2.23. The molecule has 1 atom stereocenters. The molecule has 0 aromatic carbocycles. The molecule has 2 rings (SSSR count). The summed E-state index contributed by atoms with van der Waals surface area (Å²) in [6.07, 6.45) is 3.75. The summed E-state index contributed by atoms with van der Waals surface area (Å²) in [4.78, 5) is 8.29. The molecule has 1 unspecified atom stereocenters. The average Bonchev–Trinajstić information content (AvgIpc) is 2.29. The summed E-state index contributed by atoms with van der Waals surface area (Å²) in [5.74, 6) is 1.66. The largest absolute Gasteiger partial charge is 0.379 e. The van der Waals surface area contributed by atoms with E-state index in [9.17, 15) is 0 Å². The van der Waals surface area contributed by atoms with Crippen LogP contribution in [0.2, 0.25) is 0 Å². The Morgan fingerprint density at radius 2 is 2.19 bits per heavy atom. The van der Waals surface area contributed by atoms with Crippen LogP contribution in [0.15, 0.2) is 12.4 Å². The Hall–Kier alpha value is -1.36. The zero-order valence-electron chi connectivity index (χ0n) is 9.79. The smallest absolute Gasteiger partial charge is 0.131 e. The van der Waals surface area contributed by atoms with Crippen molar-refractivity contribution in [2.75, 3.05) is 30.9 Å². The Balaban J connectivity index is 2.07. The van der Waals surface area contributed by atoms with Crippen molar-refractivity contribution in [1.82, 2.24) is 9.97 Å². The fraction of sp³-hybridized carbons (Fsp3) is 0.636. The topological polar surface area (TPSA) is 59.1 Å². The van der Waals surface area contributed by atoms with Gasteiger partial charge >= 0.3 is 0 Å². The maximum atomic E-state index is 5.49. The second-order valence-electron chi connectivity index (χ2n) is 4.38. The summed E-state index contributed by atoms with van der Waals surface area (Å²) in [5.41, 5.74) is -0.0163. The van der Waals surface area contributed by atoms with Crippen LogP contribution in [0.5, 0.6) is 0 Å². The molecule has 0 spiro atoms. The minimum atomic E-state index is -0.0163. The molecule has 0 aliphatic carbocycles. The molecule has 0 radical (unpaired) electrons. The van der Waals surface area contributed by atoms with Crippen LogP contribution >= 0.6 is 0 Å². The number of rotatable bonds is 3. The summed E-state index contributed by atoms with van der Waals surface area (Å²) in [7, 11) is 1.84. The van der Waals surface area contributed by atoms with Crippen molar-refractivity contribution in [2.24, 2.45) is 0 Å². The van der Waals surface area contributed by atoms with Gasteiger partial charge in [0.1, 0.15) is 18.0 Å². The van der Waals surface area contributed by atoms with Gasteiger partial charge in [0.25, 0.3) is 0 Å². The highest BCUT2D eigenvalue weighted by molar-refractivity contribution is 5.47. The molecule has 1 aromatic rings. The number of hydrogen-bond donors (Lipinski definition) is 2. The number of aromatic nitrogens is 2. The van der Waals surface area contributed by atoms with Crippen LogP contribution in [-0.4, -0.2) is 35.8 Å². The zero-order chi connectivity index (χ0) is 11.4. The SMILES string of the molecule is CNc1cc(NC2(C)CCCOC2)ncn1. The molecule has 1 aromatic heterocycles. The molecule has 2 heterocycles. The first kappa shape index (κ1) is 11.1. The van der Waals surface area contributed by atoms with Crippen LogP contribution in [0.25, 0.3) is 0 Å². The number of hydrogen-bond acceptors (Lipinski definition) is 5. The predicted molar refractivity (Wildman–Crippen MR) is 63.7 cm³/mol. The Labute approximate surface area is 95.6 Å². The van der Waals surface area contributed by atoms with Gasteiger partial charge in [0.15, 0.2) is 0 Å². The van der Waals surface area contributed by atoms with E-state index < -0.39 is 0 Å². The number of ether oxygens (including phenoxy) is 1. The summed E-state index contributed by atoms with van der Waals surface area (Å²) in [5, 5.41) is 6.41. The number of nitrogens with one attached hydrogen (secondary N) is 2. The summed E-state index contributed by atoms with van der Waals surface area (Å²) in [6, 6.07) is 1.90. The van der Waals surface area contributed by atoms with E-state index >= 15 is 0 Å². The maximum Gasteiger partial charge on any atom is 0.131 e. The lowest BCUT2D eigenvalue weighted by Crippen LogP contribution is -2.43. The third-order valence-corrected chi connectivity index (χ3v) is 2.79. The van der Waals surface area contributed by atoms with Gasteiger partial charge in [-0.1, -0.05) is 0 Å². The van der Waals surface area contributed by atoms with Crippen LogP contribution in [-0.2, 0) is 4.74 Å². The lowest BCUT2D eigenvalue weighted by atomic mass is 9.95. The summed E-state index contributed by atoms with van der Waals surface area (Å²) in [6.45, 7) is 3.75. The van der Waals surface area contributed by atoms with Crippen molar-refractivity contribution < 1.29 is 4.74 Å². The summed E-state index contributed by atoms with van der Waals surface area (Å²) >= 11 is 0. The number of nitrogens with zero attached hydrogens (tertiary/aromatic N) is 2.